The molecule has 0 bridgehead atoms. The molecule has 104 valence electrons. The van der Waals surface area contributed by atoms with Gasteiger partial charge in [0.15, 0.2) is 5.17 Å². The maximum Gasteiger partial charge on any atom is 0.161 e. The van der Waals surface area contributed by atoms with Gasteiger partial charge in [0, 0.05) is 23.0 Å². The summed E-state index contributed by atoms with van der Waals surface area (Å²) in [5.41, 5.74) is 2.18. The number of nitrogens with zero attached hydrogens (tertiary/aromatic N) is 2. The molecule has 3 nitrogen and oxygen atoms in total. The van der Waals surface area contributed by atoms with Crippen LogP contribution >= 0.6 is 11.8 Å². The second kappa shape index (κ2) is 5.44. The zero-order chi connectivity index (χ0) is 14.0. The monoisotopic (exact) mass is 285 g/mol. The lowest BCUT2D eigenvalue weighted by Crippen LogP contribution is -2.29. The lowest BCUT2D eigenvalue weighted by molar-refractivity contribution is 0.443. The summed E-state index contributed by atoms with van der Waals surface area (Å²) in [7, 11) is 0. The molecule has 1 aliphatic heterocycles. The molecule has 0 saturated heterocycles. The smallest absolute Gasteiger partial charge is 0.161 e. The highest BCUT2D eigenvalue weighted by molar-refractivity contribution is 8.14. The van der Waals surface area contributed by atoms with Gasteiger partial charge in [-0.25, -0.2) is 0 Å². The Morgan fingerprint density at radius 1 is 1.30 bits per heavy atom. The maximum atomic E-state index is 4.88. The second-order valence-electron chi connectivity index (χ2n) is 5.37. The average Bonchev–Trinajstić information content (AvgIpc) is 2.48. The number of anilines is 1. The second-order valence-corrected chi connectivity index (χ2v) is 6.45. The number of rotatable bonds is 2. The van der Waals surface area contributed by atoms with Crippen LogP contribution in [0.1, 0.15) is 26.7 Å². The number of nitrogens with one attached hydrogen (secondary N) is 1. The summed E-state index contributed by atoms with van der Waals surface area (Å²) in [5, 5.41) is 5.65. The molecule has 1 unspecified atom stereocenters. The first-order valence-corrected chi connectivity index (χ1v) is 8.02. The molecule has 3 rings (SSSR count). The Morgan fingerprint density at radius 3 is 3.05 bits per heavy atom. The lowest BCUT2D eigenvalue weighted by atomic mass is 9.97. The Hall–Kier alpha value is -1.55. The van der Waals surface area contributed by atoms with Crippen LogP contribution < -0.4 is 5.32 Å². The van der Waals surface area contributed by atoms with E-state index < -0.39 is 0 Å². The molecule has 0 amide bonds. The van der Waals surface area contributed by atoms with Crippen molar-refractivity contribution >= 4 is 33.5 Å². The van der Waals surface area contributed by atoms with Crippen molar-refractivity contribution in [3.8, 4) is 0 Å². The van der Waals surface area contributed by atoms with Gasteiger partial charge in [0.2, 0.25) is 0 Å². The van der Waals surface area contributed by atoms with E-state index in [-0.39, 0.29) is 5.54 Å². The third kappa shape index (κ3) is 2.66. The maximum absolute atomic E-state index is 4.88. The summed E-state index contributed by atoms with van der Waals surface area (Å²) >= 11 is 1.80. The van der Waals surface area contributed by atoms with E-state index in [1.165, 1.54) is 0 Å². The van der Waals surface area contributed by atoms with Crippen molar-refractivity contribution in [2.24, 2.45) is 4.99 Å². The molecule has 2 aromatic rings. The number of aliphatic imine (C=N–C) groups is 1. The van der Waals surface area contributed by atoms with Gasteiger partial charge in [0.1, 0.15) is 0 Å². The molecule has 1 aliphatic rings. The molecule has 0 saturated carbocycles. The summed E-state index contributed by atoms with van der Waals surface area (Å²) < 4.78 is 0. The van der Waals surface area contributed by atoms with E-state index in [1.807, 2.05) is 24.4 Å². The number of thioether (sulfide) groups is 1. The van der Waals surface area contributed by atoms with Crippen LogP contribution in [-0.4, -0.2) is 21.4 Å². The molecule has 4 heteroatoms. The molecule has 0 fully saturated rings. The fourth-order valence-electron chi connectivity index (χ4n) is 2.35. The van der Waals surface area contributed by atoms with Gasteiger partial charge >= 0.3 is 0 Å². The Kier molecular flexibility index (Phi) is 3.66. The van der Waals surface area contributed by atoms with Crippen molar-refractivity contribution < 1.29 is 0 Å². The van der Waals surface area contributed by atoms with Crippen LogP contribution in [-0.2, 0) is 0 Å². The first-order chi connectivity index (χ1) is 9.70. The van der Waals surface area contributed by atoms with E-state index in [2.05, 4.69) is 36.3 Å². The standard InChI is InChI=1S/C16H19N3S/c1-3-16(2)9-11-20-15(19-16)18-14-8-4-7-13-12(14)6-5-10-17-13/h4-8,10H,3,9,11H2,1-2H3,(H,18,19). The third-order valence-corrected chi connectivity index (χ3v) is 4.77. The van der Waals surface area contributed by atoms with E-state index in [0.29, 0.717) is 0 Å². The van der Waals surface area contributed by atoms with Gasteiger partial charge in [-0.05, 0) is 44.0 Å². The zero-order valence-corrected chi connectivity index (χ0v) is 12.7. The largest absolute Gasteiger partial charge is 0.334 e. The molecular formula is C16H19N3S. The lowest BCUT2D eigenvalue weighted by Gasteiger charge is -2.29. The SMILES string of the molecule is CCC1(C)CCSC(Nc2cccc3ncccc23)=N1. The summed E-state index contributed by atoms with van der Waals surface area (Å²) in [6, 6.07) is 10.2. The van der Waals surface area contributed by atoms with Gasteiger partial charge in [-0.1, -0.05) is 24.8 Å². The van der Waals surface area contributed by atoms with E-state index >= 15 is 0 Å². The van der Waals surface area contributed by atoms with Crippen molar-refractivity contribution in [2.45, 2.75) is 32.2 Å². The fourth-order valence-corrected chi connectivity index (χ4v) is 3.55. The number of hydrogen-bond acceptors (Lipinski definition) is 4. The highest BCUT2D eigenvalue weighted by Gasteiger charge is 2.26. The highest BCUT2D eigenvalue weighted by atomic mass is 32.2. The molecule has 1 aromatic heterocycles. The first kappa shape index (κ1) is 13.4. The van der Waals surface area contributed by atoms with Crippen LogP contribution in [0.4, 0.5) is 5.69 Å². The summed E-state index contributed by atoms with van der Waals surface area (Å²) in [4.78, 5) is 9.28. The van der Waals surface area contributed by atoms with Crippen molar-refractivity contribution in [2.75, 3.05) is 11.1 Å². The predicted molar refractivity (Wildman–Crippen MR) is 88.6 cm³/mol. The molecule has 20 heavy (non-hydrogen) atoms. The Balaban J connectivity index is 1.94. The molecular weight excluding hydrogens is 266 g/mol. The Labute approximate surface area is 123 Å². The summed E-state index contributed by atoms with van der Waals surface area (Å²) in [6.45, 7) is 4.44. The van der Waals surface area contributed by atoms with E-state index in [0.717, 1.165) is 40.4 Å². The van der Waals surface area contributed by atoms with Crippen LogP contribution in [0.2, 0.25) is 0 Å². The number of aromatic nitrogens is 1. The van der Waals surface area contributed by atoms with Crippen molar-refractivity contribution in [1.29, 1.82) is 0 Å². The first-order valence-electron chi connectivity index (χ1n) is 7.04. The minimum atomic E-state index is 0.0798. The molecule has 1 atom stereocenters. The zero-order valence-electron chi connectivity index (χ0n) is 11.9. The highest BCUT2D eigenvalue weighted by Crippen LogP contribution is 2.31. The van der Waals surface area contributed by atoms with Crippen molar-refractivity contribution in [1.82, 2.24) is 4.98 Å². The Bertz CT molecular complexity index is 648. The van der Waals surface area contributed by atoms with Crippen LogP contribution in [0.15, 0.2) is 41.5 Å². The quantitative estimate of drug-likeness (QED) is 0.893. The molecule has 2 heterocycles. The van der Waals surface area contributed by atoms with E-state index in [9.17, 15) is 0 Å². The number of hydrogen-bond donors (Lipinski definition) is 1. The third-order valence-electron chi connectivity index (χ3n) is 3.90. The average molecular weight is 285 g/mol. The topological polar surface area (TPSA) is 37.3 Å². The molecule has 0 spiro atoms. The van der Waals surface area contributed by atoms with Gasteiger partial charge in [-0.15, -0.1) is 0 Å². The summed E-state index contributed by atoms with van der Waals surface area (Å²) in [5.74, 6) is 1.12. The minimum absolute atomic E-state index is 0.0798. The predicted octanol–water partition coefficient (Wildman–Crippen LogP) is 4.31. The van der Waals surface area contributed by atoms with Gasteiger partial charge in [-0.3, -0.25) is 9.98 Å². The normalized spacial score (nSPS) is 22.6. The van der Waals surface area contributed by atoms with Crippen LogP contribution in [0.3, 0.4) is 0 Å². The minimum Gasteiger partial charge on any atom is -0.334 e. The number of fused-ring (bicyclic) bond motifs is 1. The molecule has 1 N–H and O–H groups in total. The fraction of sp³-hybridized carbons (Fsp3) is 0.375. The van der Waals surface area contributed by atoms with E-state index in [4.69, 9.17) is 4.99 Å². The van der Waals surface area contributed by atoms with Gasteiger partial charge in [0.25, 0.3) is 0 Å². The van der Waals surface area contributed by atoms with Gasteiger partial charge in [-0.2, -0.15) is 0 Å². The number of pyridine rings is 1. The Morgan fingerprint density at radius 2 is 2.20 bits per heavy atom. The molecule has 0 radical (unpaired) electrons. The number of amidine groups is 1. The summed E-state index contributed by atoms with van der Waals surface area (Å²) in [6.07, 6.45) is 4.05. The molecule has 1 aromatic carbocycles. The van der Waals surface area contributed by atoms with Crippen molar-refractivity contribution in [3.63, 3.8) is 0 Å². The van der Waals surface area contributed by atoms with Crippen LogP contribution in [0.5, 0.6) is 0 Å². The number of benzene rings is 1. The van der Waals surface area contributed by atoms with E-state index in [1.54, 1.807) is 11.8 Å². The van der Waals surface area contributed by atoms with Crippen LogP contribution in [0.25, 0.3) is 10.9 Å². The van der Waals surface area contributed by atoms with Crippen molar-refractivity contribution in [3.05, 3.63) is 36.5 Å². The van der Waals surface area contributed by atoms with Gasteiger partial charge in [0.05, 0.1) is 11.1 Å². The van der Waals surface area contributed by atoms with Gasteiger partial charge < -0.3 is 5.32 Å². The molecule has 0 aliphatic carbocycles. The van der Waals surface area contributed by atoms with Crippen LogP contribution in [0, 0.1) is 0 Å².